The molecule has 0 bridgehead atoms. The minimum Gasteiger partial charge on any atom is -0.487 e. The Morgan fingerprint density at radius 1 is 1.12 bits per heavy atom. The number of halogens is 3. The molecule has 1 aliphatic heterocycles. The Hall–Kier alpha value is -1.65. The molecule has 1 aliphatic rings. The molecule has 0 aliphatic carbocycles. The summed E-state index contributed by atoms with van der Waals surface area (Å²) in [6, 6.07) is 17.7. The highest BCUT2D eigenvalue weighted by atomic mass is 79.9. The van der Waals surface area contributed by atoms with Crippen LogP contribution in [0.4, 0.5) is 10.1 Å². The molecule has 1 heterocycles. The Labute approximate surface area is 222 Å². The first-order chi connectivity index (χ1) is 15.9. The predicted octanol–water partition coefficient (Wildman–Crippen LogP) is 8.06. The van der Waals surface area contributed by atoms with E-state index in [9.17, 15) is 9.18 Å². The van der Waals surface area contributed by atoms with Gasteiger partial charge in [-0.25, -0.2) is 4.39 Å². The van der Waals surface area contributed by atoms with E-state index in [0.717, 1.165) is 30.7 Å². The lowest BCUT2D eigenvalue weighted by molar-refractivity contribution is -0.113. The van der Waals surface area contributed by atoms with Gasteiger partial charge in [0.25, 0.3) is 5.91 Å². The lowest BCUT2D eigenvalue weighted by atomic mass is 10.2. The molecular weight excluding hydrogens is 609 g/mol. The van der Waals surface area contributed by atoms with Crippen molar-refractivity contribution < 1.29 is 13.9 Å². The second-order valence-electron chi connectivity index (χ2n) is 6.95. The van der Waals surface area contributed by atoms with Gasteiger partial charge in [0, 0.05) is 4.90 Å². The van der Waals surface area contributed by atoms with E-state index in [4.69, 9.17) is 17.0 Å². The minimum atomic E-state index is -0.284. The summed E-state index contributed by atoms with van der Waals surface area (Å²) in [6.07, 6.45) is 3.81. The summed E-state index contributed by atoms with van der Waals surface area (Å²) in [5.41, 5.74) is 2.44. The summed E-state index contributed by atoms with van der Waals surface area (Å²) >= 11 is 15.5. The van der Waals surface area contributed by atoms with Crippen LogP contribution < -0.4 is 9.64 Å². The van der Waals surface area contributed by atoms with E-state index in [1.165, 1.54) is 23.9 Å². The number of hydrogen-bond acceptors (Lipinski definition) is 5. The second kappa shape index (κ2) is 10.7. The molecule has 33 heavy (non-hydrogen) atoms. The fourth-order valence-electron chi connectivity index (χ4n) is 3.13. The Morgan fingerprint density at radius 3 is 2.48 bits per heavy atom. The lowest BCUT2D eigenvalue weighted by Gasteiger charge is -2.15. The summed E-state index contributed by atoms with van der Waals surface area (Å²) < 4.78 is 21.0. The van der Waals surface area contributed by atoms with Gasteiger partial charge >= 0.3 is 0 Å². The fourth-order valence-corrected chi connectivity index (χ4v) is 6.33. The number of ether oxygens (including phenoxy) is 1. The van der Waals surface area contributed by atoms with Crippen molar-refractivity contribution in [2.75, 3.05) is 11.2 Å². The third-order valence-electron chi connectivity index (χ3n) is 4.72. The van der Waals surface area contributed by atoms with Gasteiger partial charge < -0.3 is 4.74 Å². The topological polar surface area (TPSA) is 29.5 Å². The number of carbonyl (C=O) groups excluding carboxylic acids is 1. The van der Waals surface area contributed by atoms with Gasteiger partial charge in [0.05, 0.1) is 19.5 Å². The molecule has 3 aromatic rings. The van der Waals surface area contributed by atoms with Crippen LogP contribution >= 0.6 is 67.6 Å². The van der Waals surface area contributed by atoms with Crippen molar-refractivity contribution >= 4 is 89.6 Å². The summed E-state index contributed by atoms with van der Waals surface area (Å²) in [6.45, 7) is 0.296. The largest absolute Gasteiger partial charge is 0.487 e. The van der Waals surface area contributed by atoms with E-state index in [1.807, 2.05) is 48.7 Å². The van der Waals surface area contributed by atoms with Crippen molar-refractivity contribution in [3.63, 3.8) is 0 Å². The van der Waals surface area contributed by atoms with Gasteiger partial charge in [0.2, 0.25) is 0 Å². The number of benzene rings is 3. The Morgan fingerprint density at radius 2 is 1.82 bits per heavy atom. The fraction of sp³-hybridized carbons (Fsp3) is 0.0833. The number of thioether (sulfide) groups is 2. The lowest BCUT2D eigenvalue weighted by Crippen LogP contribution is -2.27. The smallest absolute Gasteiger partial charge is 0.270 e. The summed E-state index contributed by atoms with van der Waals surface area (Å²) in [7, 11) is 0. The standard InChI is InChI=1S/C24H16Br2FNO2S3/c1-32-18-4-2-3-17(12-18)28-23(29)21(33-24(28)31)11-15-9-19(25)22(20(26)10-15)30-13-14-5-7-16(27)8-6-14/h2-12H,13H2,1H3/b21-11+. The van der Waals surface area contributed by atoms with Gasteiger partial charge in [0.15, 0.2) is 4.32 Å². The van der Waals surface area contributed by atoms with E-state index in [1.54, 1.807) is 28.8 Å². The first kappa shape index (κ1) is 24.5. The van der Waals surface area contributed by atoms with Crippen molar-refractivity contribution in [2.45, 2.75) is 11.5 Å². The van der Waals surface area contributed by atoms with Gasteiger partial charge in [-0.3, -0.25) is 9.69 Å². The average Bonchev–Trinajstić information content (AvgIpc) is 3.07. The molecule has 9 heteroatoms. The van der Waals surface area contributed by atoms with Crippen LogP contribution in [0.15, 0.2) is 79.4 Å². The molecule has 0 radical (unpaired) electrons. The highest BCUT2D eigenvalue weighted by Crippen LogP contribution is 2.39. The summed E-state index contributed by atoms with van der Waals surface area (Å²) in [5.74, 6) is 0.192. The molecule has 0 spiro atoms. The van der Waals surface area contributed by atoms with Gasteiger partial charge in [-0.15, -0.1) is 11.8 Å². The highest BCUT2D eigenvalue weighted by molar-refractivity contribution is 9.11. The van der Waals surface area contributed by atoms with Crippen LogP contribution in [0.3, 0.4) is 0 Å². The molecule has 0 aromatic heterocycles. The molecule has 3 nitrogen and oxygen atoms in total. The molecule has 4 rings (SSSR count). The molecule has 1 amide bonds. The number of anilines is 1. The van der Waals surface area contributed by atoms with Crippen molar-refractivity contribution in [3.8, 4) is 5.75 Å². The van der Waals surface area contributed by atoms with Gasteiger partial charge in [-0.05, 0) is 97.8 Å². The highest BCUT2D eigenvalue weighted by Gasteiger charge is 2.33. The van der Waals surface area contributed by atoms with Crippen molar-refractivity contribution in [1.82, 2.24) is 0 Å². The number of carbonyl (C=O) groups is 1. The van der Waals surface area contributed by atoms with Crippen molar-refractivity contribution in [3.05, 3.63) is 91.5 Å². The second-order valence-corrected chi connectivity index (χ2v) is 11.2. The van der Waals surface area contributed by atoms with E-state index in [2.05, 4.69) is 31.9 Å². The third kappa shape index (κ3) is 5.71. The number of thiocarbonyl (C=S) groups is 1. The molecule has 0 saturated carbocycles. The summed E-state index contributed by atoms with van der Waals surface area (Å²) in [5, 5.41) is 0. The monoisotopic (exact) mass is 623 g/mol. The van der Waals surface area contributed by atoms with Crippen LogP contribution in [0.25, 0.3) is 6.08 Å². The zero-order chi connectivity index (χ0) is 23.5. The normalized spacial score (nSPS) is 14.9. The quantitative estimate of drug-likeness (QED) is 0.157. The Kier molecular flexibility index (Phi) is 7.96. The maximum Gasteiger partial charge on any atom is 0.270 e. The number of rotatable bonds is 6. The van der Waals surface area contributed by atoms with Gasteiger partial charge in [-0.2, -0.15) is 0 Å². The van der Waals surface area contributed by atoms with E-state index >= 15 is 0 Å². The third-order valence-corrected chi connectivity index (χ3v) is 7.93. The molecule has 168 valence electrons. The minimum absolute atomic E-state index is 0.146. The van der Waals surface area contributed by atoms with Crippen LogP contribution in [0.1, 0.15) is 11.1 Å². The molecule has 1 saturated heterocycles. The van der Waals surface area contributed by atoms with E-state index in [0.29, 0.717) is 21.6 Å². The Balaban J connectivity index is 1.54. The number of nitrogens with zero attached hydrogens (tertiary/aromatic N) is 1. The molecular formula is C24H16Br2FNO2S3. The van der Waals surface area contributed by atoms with Crippen LogP contribution in [0, 0.1) is 5.82 Å². The first-order valence-corrected chi connectivity index (χ1v) is 13.7. The number of amides is 1. The van der Waals surface area contributed by atoms with E-state index in [-0.39, 0.29) is 11.7 Å². The zero-order valence-electron chi connectivity index (χ0n) is 17.2. The van der Waals surface area contributed by atoms with Crippen LogP contribution in [-0.4, -0.2) is 16.5 Å². The molecule has 3 aromatic carbocycles. The van der Waals surface area contributed by atoms with Crippen LogP contribution in [-0.2, 0) is 11.4 Å². The average molecular weight is 625 g/mol. The van der Waals surface area contributed by atoms with Crippen LogP contribution in [0.2, 0.25) is 0 Å². The maximum absolute atomic E-state index is 13.1. The first-order valence-electron chi connectivity index (χ1n) is 9.64. The van der Waals surface area contributed by atoms with E-state index < -0.39 is 0 Å². The molecule has 1 fully saturated rings. The van der Waals surface area contributed by atoms with Crippen LogP contribution in [0.5, 0.6) is 5.75 Å². The van der Waals surface area contributed by atoms with Crippen molar-refractivity contribution in [2.24, 2.45) is 0 Å². The molecule has 0 N–H and O–H groups in total. The van der Waals surface area contributed by atoms with Gasteiger partial charge in [0.1, 0.15) is 18.2 Å². The number of hydrogen-bond donors (Lipinski definition) is 0. The Bertz CT molecular complexity index is 1240. The van der Waals surface area contributed by atoms with Gasteiger partial charge in [-0.1, -0.05) is 42.2 Å². The SMILES string of the molecule is CSc1cccc(N2C(=O)/C(=C\c3cc(Br)c(OCc4ccc(F)cc4)c(Br)c3)SC2=S)c1. The van der Waals surface area contributed by atoms with Crippen molar-refractivity contribution in [1.29, 1.82) is 0 Å². The predicted molar refractivity (Wildman–Crippen MR) is 146 cm³/mol. The maximum atomic E-state index is 13.1. The molecule has 0 atom stereocenters. The molecule has 0 unspecified atom stereocenters. The summed E-state index contributed by atoms with van der Waals surface area (Å²) in [4.78, 5) is 16.3. The zero-order valence-corrected chi connectivity index (χ0v) is 22.8.